The molecule has 0 bridgehead atoms. The minimum Gasteiger partial charge on any atom is -0.208 e. The highest BCUT2D eigenvalue weighted by Crippen LogP contribution is 2.45. The van der Waals surface area contributed by atoms with Gasteiger partial charge in [0, 0.05) is 36.9 Å². The van der Waals surface area contributed by atoms with Gasteiger partial charge in [-0.2, -0.15) is 0 Å². The summed E-state index contributed by atoms with van der Waals surface area (Å²) in [4.78, 5) is 16.0. The van der Waals surface area contributed by atoms with E-state index in [9.17, 15) is 0 Å². The normalized spacial score (nSPS) is 12.1. The molecule has 13 rings (SSSR count). The van der Waals surface area contributed by atoms with Crippen LogP contribution in [0.3, 0.4) is 0 Å². The highest BCUT2D eigenvalue weighted by atomic mass is 32.1. The van der Waals surface area contributed by atoms with E-state index < -0.39 is 0 Å². The molecule has 0 saturated carbocycles. The predicted molar refractivity (Wildman–Crippen MR) is 251 cm³/mol. The molecule has 4 heteroatoms. The first-order valence-corrected chi connectivity index (χ1v) is 20.8. The average molecular weight is 766 g/mol. The Morgan fingerprint density at radius 2 is 0.763 bits per heavy atom. The molecule has 59 heavy (non-hydrogen) atoms. The van der Waals surface area contributed by atoms with Crippen LogP contribution in [0.15, 0.2) is 188 Å². The number of nitrogens with zero attached hydrogens (tertiary/aromatic N) is 3. The highest BCUT2D eigenvalue weighted by Gasteiger charge is 2.20. The molecule has 272 valence electrons. The van der Waals surface area contributed by atoms with E-state index in [0.717, 1.165) is 27.6 Å². The van der Waals surface area contributed by atoms with Gasteiger partial charge in [-0.15, -0.1) is 11.3 Å². The standard InChI is InChI=1S/C55H31N3S/c1-2-10-32(11-3-1)33-22-27-37(28-23-33)53-56-54(58-55(57-53)44-19-9-21-47-52(44)43-15-4-5-20-46(43)59-47)39-30-38-29-26-36-13-7-17-41-40-16-6-12-34-24-25-35-14-8-18-42(50(35)48(34)40)45(31-39)51(38)49(36)41/h1-31H. The second kappa shape index (κ2) is 12.5. The van der Waals surface area contributed by atoms with Gasteiger partial charge in [-0.25, -0.2) is 15.0 Å². The molecular weight excluding hydrogens is 735 g/mol. The van der Waals surface area contributed by atoms with E-state index >= 15 is 0 Å². The van der Waals surface area contributed by atoms with Crippen LogP contribution in [0.5, 0.6) is 0 Å². The van der Waals surface area contributed by atoms with Crippen LogP contribution in [0.4, 0.5) is 0 Å². The third-order valence-electron chi connectivity index (χ3n) is 12.2. The topological polar surface area (TPSA) is 38.7 Å². The Bertz CT molecular complexity index is 3820. The number of hydrogen-bond acceptors (Lipinski definition) is 4. The molecule has 0 amide bonds. The zero-order valence-corrected chi connectivity index (χ0v) is 32.5. The van der Waals surface area contributed by atoms with Gasteiger partial charge in [0.15, 0.2) is 17.5 Å². The molecule has 2 heterocycles. The summed E-state index contributed by atoms with van der Waals surface area (Å²) in [6.07, 6.45) is 0. The van der Waals surface area contributed by atoms with Crippen molar-refractivity contribution in [3.05, 3.63) is 188 Å². The van der Waals surface area contributed by atoms with E-state index in [0.29, 0.717) is 17.5 Å². The zero-order chi connectivity index (χ0) is 38.6. The van der Waals surface area contributed by atoms with Crippen molar-refractivity contribution in [1.29, 1.82) is 0 Å². The fourth-order valence-electron chi connectivity index (χ4n) is 9.57. The number of hydrogen-bond donors (Lipinski definition) is 0. The average Bonchev–Trinajstić information content (AvgIpc) is 3.69. The molecule has 0 aliphatic heterocycles. The van der Waals surface area contributed by atoms with Gasteiger partial charge in [-0.3, -0.25) is 0 Å². The molecule has 0 spiro atoms. The summed E-state index contributed by atoms with van der Waals surface area (Å²) in [6.45, 7) is 0. The van der Waals surface area contributed by atoms with Crippen molar-refractivity contribution < 1.29 is 0 Å². The molecule has 0 aliphatic carbocycles. The van der Waals surface area contributed by atoms with Crippen LogP contribution in [-0.2, 0) is 0 Å². The molecule has 0 atom stereocenters. The summed E-state index contributed by atoms with van der Waals surface area (Å²) >= 11 is 1.81. The lowest BCUT2D eigenvalue weighted by Crippen LogP contribution is -2.01. The lowest BCUT2D eigenvalue weighted by Gasteiger charge is -2.17. The maximum Gasteiger partial charge on any atom is 0.164 e. The van der Waals surface area contributed by atoms with Crippen LogP contribution in [0, 0.1) is 0 Å². The van der Waals surface area contributed by atoms with E-state index in [1.807, 2.05) is 17.4 Å². The van der Waals surface area contributed by atoms with Crippen molar-refractivity contribution in [2.45, 2.75) is 0 Å². The molecule has 0 aliphatic rings. The van der Waals surface area contributed by atoms with Gasteiger partial charge in [-0.05, 0) is 100 Å². The summed E-state index contributed by atoms with van der Waals surface area (Å²) < 4.78 is 2.46. The highest BCUT2D eigenvalue weighted by molar-refractivity contribution is 7.25. The summed E-state index contributed by atoms with van der Waals surface area (Å²) in [5.41, 5.74) is 5.22. The summed E-state index contributed by atoms with van der Waals surface area (Å²) in [7, 11) is 0. The molecular formula is C55H31N3S. The molecule has 13 aromatic rings. The third-order valence-corrected chi connectivity index (χ3v) is 13.3. The van der Waals surface area contributed by atoms with E-state index in [1.54, 1.807) is 0 Å². The molecule has 3 nitrogen and oxygen atoms in total. The van der Waals surface area contributed by atoms with Gasteiger partial charge in [-0.1, -0.05) is 164 Å². The number of thiophene rings is 1. The molecule has 0 saturated heterocycles. The van der Waals surface area contributed by atoms with Crippen molar-refractivity contribution >= 4 is 96.1 Å². The number of benzene rings is 10. The Hall–Kier alpha value is -7.53. The van der Waals surface area contributed by atoms with Crippen LogP contribution < -0.4 is 0 Å². The smallest absolute Gasteiger partial charge is 0.164 e. The zero-order valence-electron chi connectivity index (χ0n) is 31.6. The van der Waals surface area contributed by atoms with Crippen molar-refractivity contribution in [1.82, 2.24) is 15.0 Å². The van der Waals surface area contributed by atoms with Crippen molar-refractivity contribution in [3.8, 4) is 45.3 Å². The van der Waals surface area contributed by atoms with Crippen molar-refractivity contribution in [2.75, 3.05) is 0 Å². The Kier molecular flexibility index (Phi) is 6.89. The maximum atomic E-state index is 5.41. The van der Waals surface area contributed by atoms with Crippen LogP contribution in [0.2, 0.25) is 0 Å². The van der Waals surface area contributed by atoms with E-state index in [2.05, 4.69) is 182 Å². The molecule has 0 radical (unpaired) electrons. The van der Waals surface area contributed by atoms with Crippen molar-refractivity contribution in [3.63, 3.8) is 0 Å². The minimum absolute atomic E-state index is 0.644. The largest absolute Gasteiger partial charge is 0.208 e. The van der Waals surface area contributed by atoms with Crippen LogP contribution in [0.25, 0.3) is 130 Å². The number of fused-ring (bicyclic) bond motifs is 5. The number of rotatable bonds is 4. The van der Waals surface area contributed by atoms with Crippen LogP contribution in [-0.4, -0.2) is 15.0 Å². The minimum atomic E-state index is 0.644. The van der Waals surface area contributed by atoms with Gasteiger partial charge in [0.2, 0.25) is 0 Å². The van der Waals surface area contributed by atoms with E-state index in [1.165, 1.54) is 85.0 Å². The monoisotopic (exact) mass is 765 g/mol. The van der Waals surface area contributed by atoms with Gasteiger partial charge in [0.05, 0.1) is 0 Å². The first-order valence-electron chi connectivity index (χ1n) is 20.0. The van der Waals surface area contributed by atoms with Crippen LogP contribution in [0.1, 0.15) is 0 Å². The molecule has 0 fully saturated rings. The quantitative estimate of drug-likeness (QED) is 0.168. The van der Waals surface area contributed by atoms with E-state index in [-0.39, 0.29) is 0 Å². The SMILES string of the molecule is c1ccc(-c2ccc(-c3nc(-c4cc5ccc6cccc7c8cccc9ccc%10cccc(c(c4)c5c67)c%10c98)nc(-c4cccc5sc6ccccc6c45)n3)cc2)cc1. The fourth-order valence-corrected chi connectivity index (χ4v) is 10.7. The fraction of sp³-hybridized carbons (Fsp3) is 0. The number of aromatic nitrogens is 3. The Labute approximate surface area is 342 Å². The second-order valence-corrected chi connectivity index (χ2v) is 16.6. The van der Waals surface area contributed by atoms with Gasteiger partial charge >= 0.3 is 0 Å². The van der Waals surface area contributed by atoms with Crippen molar-refractivity contribution in [2.24, 2.45) is 0 Å². The van der Waals surface area contributed by atoms with Gasteiger partial charge in [0.1, 0.15) is 0 Å². The first-order chi connectivity index (χ1) is 29.2. The molecule has 0 N–H and O–H groups in total. The molecule has 2 aromatic heterocycles. The Balaban J connectivity index is 1.13. The van der Waals surface area contributed by atoms with Gasteiger partial charge in [0.25, 0.3) is 0 Å². The Morgan fingerprint density at radius 1 is 0.271 bits per heavy atom. The Morgan fingerprint density at radius 3 is 1.46 bits per heavy atom. The molecule has 11 aromatic carbocycles. The van der Waals surface area contributed by atoms with Gasteiger partial charge < -0.3 is 0 Å². The lowest BCUT2D eigenvalue weighted by molar-refractivity contribution is 1.08. The maximum absolute atomic E-state index is 5.41. The summed E-state index contributed by atoms with van der Waals surface area (Å²) in [6, 6.07) is 68.1. The summed E-state index contributed by atoms with van der Waals surface area (Å²) in [5, 5.41) is 17.3. The third kappa shape index (κ3) is 4.91. The summed E-state index contributed by atoms with van der Waals surface area (Å²) in [5.74, 6) is 1.95. The van der Waals surface area contributed by atoms with Crippen LogP contribution >= 0.6 is 11.3 Å². The molecule has 0 unspecified atom stereocenters. The lowest BCUT2D eigenvalue weighted by atomic mass is 9.87. The second-order valence-electron chi connectivity index (χ2n) is 15.5. The first kappa shape index (κ1) is 32.5. The predicted octanol–water partition coefficient (Wildman–Crippen LogP) is 15.3. The van der Waals surface area contributed by atoms with E-state index in [4.69, 9.17) is 15.0 Å².